The molecule has 112 valence electrons. The molecule has 1 aliphatic rings. The van der Waals surface area contributed by atoms with E-state index in [4.69, 9.17) is 0 Å². The average Bonchev–Trinajstić information content (AvgIpc) is 2.46. The van der Waals surface area contributed by atoms with Crippen molar-refractivity contribution in [2.24, 2.45) is 5.92 Å². The lowest BCUT2D eigenvalue weighted by Crippen LogP contribution is -2.58. The van der Waals surface area contributed by atoms with Crippen molar-refractivity contribution in [1.29, 1.82) is 0 Å². The van der Waals surface area contributed by atoms with E-state index in [9.17, 15) is 0 Å². The Labute approximate surface area is 124 Å². The molecule has 0 aromatic heterocycles. The molecule has 2 heteroatoms. The largest absolute Gasteiger partial charge is 0.366 e. The Morgan fingerprint density at radius 3 is 2.30 bits per heavy atom. The van der Waals surface area contributed by atoms with Crippen molar-refractivity contribution < 1.29 is 0 Å². The molecule has 1 saturated heterocycles. The number of anilines is 1. The zero-order chi connectivity index (χ0) is 14.7. The number of rotatable bonds is 4. The van der Waals surface area contributed by atoms with E-state index in [-0.39, 0.29) is 0 Å². The smallest absolute Gasteiger partial charge is 0.0412 e. The van der Waals surface area contributed by atoms with Gasteiger partial charge in [-0.15, -0.1) is 0 Å². The summed E-state index contributed by atoms with van der Waals surface area (Å²) in [6, 6.07) is 10.4. The fraction of sp³-hybridized carbons (Fsp3) is 0.667. The predicted molar refractivity (Wildman–Crippen MR) is 88.6 cm³/mol. The lowest BCUT2D eigenvalue weighted by atomic mass is 9.97. The lowest BCUT2D eigenvalue weighted by Gasteiger charge is -2.43. The molecule has 2 unspecified atom stereocenters. The summed E-state index contributed by atoms with van der Waals surface area (Å²) in [5, 5.41) is 3.71. The summed E-state index contributed by atoms with van der Waals surface area (Å²) in [6.45, 7) is 13.6. The molecule has 0 saturated carbocycles. The van der Waals surface area contributed by atoms with E-state index in [2.05, 4.69) is 69.1 Å². The first-order chi connectivity index (χ1) is 9.52. The van der Waals surface area contributed by atoms with Gasteiger partial charge in [-0.3, -0.25) is 0 Å². The molecule has 1 heterocycles. The molecular weight excluding hydrogens is 244 g/mol. The molecule has 1 N–H and O–H groups in total. The van der Waals surface area contributed by atoms with Crippen LogP contribution in [0.15, 0.2) is 24.3 Å². The number of nitrogens with one attached hydrogen (secondary N) is 1. The number of nitrogens with zero attached hydrogens (tertiary/aromatic N) is 1. The highest BCUT2D eigenvalue weighted by Crippen LogP contribution is 2.25. The van der Waals surface area contributed by atoms with Crippen LogP contribution in [0.5, 0.6) is 0 Å². The first kappa shape index (κ1) is 15.4. The molecule has 1 fully saturated rings. The summed E-state index contributed by atoms with van der Waals surface area (Å²) < 4.78 is 0. The molecule has 2 nitrogen and oxygen atoms in total. The van der Waals surface area contributed by atoms with Gasteiger partial charge in [0.1, 0.15) is 0 Å². The third-order valence-electron chi connectivity index (χ3n) is 4.62. The third-order valence-corrected chi connectivity index (χ3v) is 4.62. The maximum absolute atomic E-state index is 3.71. The van der Waals surface area contributed by atoms with E-state index in [0.717, 1.165) is 13.1 Å². The Hall–Kier alpha value is -1.02. The maximum Gasteiger partial charge on any atom is 0.0412 e. The normalized spacial score (nSPS) is 23.6. The van der Waals surface area contributed by atoms with Crippen molar-refractivity contribution in [2.45, 2.75) is 59.0 Å². The molecule has 1 aromatic carbocycles. The highest BCUT2D eigenvalue weighted by molar-refractivity contribution is 5.50. The van der Waals surface area contributed by atoms with E-state index in [0.29, 0.717) is 23.9 Å². The van der Waals surface area contributed by atoms with E-state index in [1.807, 2.05) is 0 Å². The van der Waals surface area contributed by atoms with Crippen LogP contribution < -0.4 is 10.2 Å². The minimum atomic E-state index is 0.600. The summed E-state index contributed by atoms with van der Waals surface area (Å²) in [4.78, 5) is 2.60. The fourth-order valence-electron chi connectivity index (χ4n) is 3.00. The van der Waals surface area contributed by atoms with Crippen LogP contribution >= 0.6 is 0 Å². The van der Waals surface area contributed by atoms with Crippen LogP contribution in [0, 0.1) is 5.92 Å². The van der Waals surface area contributed by atoms with Gasteiger partial charge in [-0.25, -0.2) is 0 Å². The summed E-state index contributed by atoms with van der Waals surface area (Å²) in [6.07, 6.45) is 1.20. The molecule has 1 aliphatic heterocycles. The lowest BCUT2D eigenvalue weighted by molar-refractivity contribution is 0.325. The Bertz CT molecular complexity index is 408. The van der Waals surface area contributed by atoms with Gasteiger partial charge in [-0.1, -0.05) is 46.8 Å². The monoisotopic (exact) mass is 274 g/mol. The van der Waals surface area contributed by atoms with Crippen LogP contribution in [0.2, 0.25) is 0 Å². The fourth-order valence-corrected chi connectivity index (χ4v) is 3.00. The Kier molecular flexibility index (Phi) is 5.09. The van der Waals surface area contributed by atoms with Crippen molar-refractivity contribution in [3.63, 3.8) is 0 Å². The quantitative estimate of drug-likeness (QED) is 0.892. The molecule has 0 aliphatic carbocycles. The highest BCUT2D eigenvalue weighted by Gasteiger charge is 2.28. The van der Waals surface area contributed by atoms with E-state index >= 15 is 0 Å². The van der Waals surface area contributed by atoms with E-state index < -0.39 is 0 Å². The zero-order valence-electron chi connectivity index (χ0n) is 13.7. The Morgan fingerprint density at radius 1 is 1.15 bits per heavy atom. The first-order valence-corrected chi connectivity index (χ1v) is 8.12. The van der Waals surface area contributed by atoms with Gasteiger partial charge in [0.25, 0.3) is 0 Å². The standard InChI is InChI=1S/C18H30N2/c1-6-16-11-19-18(14(4)5)12-20(16)17-9-7-15(8-10-17)13(2)3/h7-10,13-14,16,18-19H,6,11-12H2,1-5H3. The number of hydrogen-bond donors (Lipinski definition) is 1. The maximum atomic E-state index is 3.71. The van der Waals surface area contributed by atoms with Gasteiger partial charge < -0.3 is 10.2 Å². The number of benzene rings is 1. The van der Waals surface area contributed by atoms with Crippen LogP contribution in [-0.4, -0.2) is 25.2 Å². The van der Waals surface area contributed by atoms with Crippen LogP contribution in [-0.2, 0) is 0 Å². The Morgan fingerprint density at radius 2 is 1.80 bits per heavy atom. The molecule has 0 amide bonds. The van der Waals surface area contributed by atoms with Gasteiger partial charge in [0.05, 0.1) is 0 Å². The zero-order valence-corrected chi connectivity index (χ0v) is 13.7. The van der Waals surface area contributed by atoms with Crippen molar-refractivity contribution in [3.8, 4) is 0 Å². The average molecular weight is 274 g/mol. The van der Waals surface area contributed by atoms with Gasteiger partial charge in [0, 0.05) is 30.9 Å². The predicted octanol–water partition coefficient (Wildman–Crippen LogP) is 4.02. The van der Waals surface area contributed by atoms with E-state index in [1.54, 1.807) is 0 Å². The molecular formula is C18H30N2. The minimum Gasteiger partial charge on any atom is -0.366 e. The van der Waals surface area contributed by atoms with Gasteiger partial charge in [0.2, 0.25) is 0 Å². The topological polar surface area (TPSA) is 15.3 Å². The molecule has 2 atom stereocenters. The number of hydrogen-bond acceptors (Lipinski definition) is 2. The highest BCUT2D eigenvalue weighted by atomic mass is 15.2. The van der Waals surface area contributed by atoms with Gasteiger partial charge in [-0.2, -0.15) is 0 Å². The molecule has 0 spiro atoms. The van der Waals surface area contributed by atoms with Crippen molar-refractivity contribution in [3.05, 3.63) is 29.8 Å². The van der Waals surface area contributed by atoms with E-state index in [1.165, 1.54) is 17.7 Å². The summed E-state index contributed by atoms with van der Waals surface area (Å²) in [7, 11) is 0. The van der Waals surface area contributed by atoms with Gasteiger partial charge >= 0.3 is 0 Å². The summed E-state index contributed by atoms with van der Waals surface area (Å²) in [5.41, 5.74) is 2.81. The first-order valence-electron chi connectivity index (χ1n) is 8.12. The van der Waals surface area contributed by atoms with Crippen molar-refractivity contribution in [2.75, 3.05) is 18.0 Å². The van der Waals surface area contributed by atoms with Crippen LogP contribution in [0.4, 0.5) is 5.69 Å². The number of piperazine rings is 1. The molecule has 1 aromatic rings. The van der Waals surface area contributed by atoms with Crippen LogP contribution in [0.1, 0.15) is 52.5 Å². The van der Waals surface area contributed by atoms with Crippen molar-refractivity contribution >= 4 is 5.69 Å². The second-order valence-electron chi connectivity index (χ2n) is 6.72. The summed E-state index contributed by atoms with van der Waals surface area (Å²) in [5.74, 6) is 1.29. The second kappa shape index (κ2) is 6.62. The van der Waals surface area contributed by atoms with Gasteiger partial charge in [-0.05, 0) is 36.0 Å². The van der Waals surface area contributed by atoms with Gasteiger partial charge in [0.15, 0.2) is 0 Å². The van der Waals surface area contributed by atoms with Crippen molar-refractivity contribution in [1.82, 2.24) is 5.32 Å². The minimum absolute atomic E-state index is 0.600. The third kappa shape index (κ3) is 3.35. The SMILES string of the molecule is CCC1CNC(C(C)C)CN1c1ccc(C(C)C)cc1. The molecule has 0 bridgehead atoms. The van der Waals surface area contributed by atoms with Crippen LogP contribution in [0.3, 0.4) is 0 Å². The second-order valence-corrected chi connectivity index (χ2v) is 6.72. The van der Waals surface area contributed by atoms with Crippen LogP contribution in [0.25, 0.3) is 0 Å². The molecule has 20 heavy (non-hydrogen) atoms. The summed E-state index contributed by atoms with van der Waals surface area (Å²) >= 11 is 0. The molecule has 0 radical (unpaired) electrons. The molecule has 2 rings (SSSR count). The Balaban J connectivity index is 2.17.